The van der Waals surface area contributed by atoms with Crippen LogP contribution < -0.4 is 5.73 Å². The molecule has 21 heteroatoms. The third-order valence-corrected chi connectivity index (χ3v) is 8.01. The predicted molar refractivity (Wildman–Crippen MR) is 102 cm³/mol. The highest BCUT2D eigenvalue weighted by Gasteiger charge is 2.56. The summed E-state index contributed by atoms with van der Waals surface area (Å²) in [5.74, 6) is 1.89. The van der Waals surface area contributed by atoms with Crippen LogP contribution in [0.2, 0.25) is 0 Å². The Labute approximate surface area is 183 Å². The van der Waals surface area contributed by atoms with E-state index in [0.717, 1.165) is 10.8 Å². The monoisotopic (exact) mass is 531 g/mol. The van der Waals surface area contributed by atoms with E-state index in [9.17, 15) is 28.8 Å². The van der Waals surface area contributed by atoms with Crippen LogP contribution >= 0.6 is 23.5 Å². The molecule has 2 unspecified atom stereocenters. The van der Waals surface area contributed by atoms with Crippen LogP contribution in [0.1, 0.15) is 11.7 Å². The normalized spacial score (nSPS) is 29.4. The van der Waals surface area contributed by atoms with Gasteiger partial charge in [0.05, 0.1) is 12.8 Å². The summed E-state index contributed by atoms with van der Waals surface area (Å²) in [5.41, 5.74) is 3.36. The van der Waals surface area contributed by atoms with Gasteiger partial charge in [-0.05, 0) is 0 Å². The van der Waals surface area contributed by atoms with Gasteiger partial charge in [-0.3, -0.25) is 4.52 Å². The first-order chi connectivity index (χ1) is 15.1. The third-order valence-electron chi connectivity index (χ3n) is 4.20. The number of aromatic nitrogens is 4. The second-order valence-corrected chi connectivity index (χ2v) is 10.8. The molecule has 2 aromatic heterocycles. The molecular formula is C12H16N5O13P3. The molecule has 6 atom stereocenters. The molecule has 0 saturated carbocycles. The lowest BCUT2D eigenvalue weighted by Gasteiger charge is -2.24. The Morgan fingerprint density at radius 2 is 1.88 bits per heavy atom. The van der Waals surface area contributed by atoms with E-state index < -0.39 is 54.0 Å². The van der Waals surface area contributed by atoms with E-state index >= 15 is 0 Å². The molecule has 1 aliphatic rings. The average Bonchev–Trinajstić information content (AvgIpc) is 3.18. The molecule has 0 radical (unpaired) electrons. The topological polar surface area (TPSA) is 279 Å². The molecule has 0 aromatic carbocycles. The summed E-state index contributed by atoms with van der Waals surface area (Å²) >= 11 is 0. The minimum atomic E-state index is -5.75. The summed E-state index contributed by atoms with van der Waals surface area (Å²) in [5, 5.41) is 25.2. The van der Waals surface area contributed by atoms with Crippen molar-refractivity contribution >= 4 is 35.1 Å². The lowest BCUT2D eigenvalue weighted by atomic mass is 9.88. The quantitative estimate of drug-likeness (QED) is 0.146. The van der Waals surface area contributed by atoms with Crippen LogP contribution in [0.4, 0.5) is 5.95 Å². The highest BCUT2D eigenvalue weighted by Crippen LogP contribution is 2.66. The zero-order chi connectivity index (χ0) is 24.8. The lowest BCUT2D eigenvalue weighted by molar-refractivity contribution is -0.0331. The van der Waals surface area contributed by atoms with Gasteiger partial charge in [0.1, 0.15) is 24.6 Å². The van der Waals surface area contributed by atoms with Crippen LogP contribution in [0.25, 0.3) is 5.65 Å². The van der Waals surface area contributed by atoms with E-state index in [1.54, 1.807) is 0 Å². The van der Waals surface area contributed by atoms with Crippen LogP contribution in [0.15, 0.2) is 12.5 Å². The molecule has 33 heavy (non-hydrogen) atoms. The van der Waals surface area contributed by atoms with Crippen LogP contribution in [0.3, 0.4) is 0 Å². The number of hydrogen-bond acceptors (Lipinski definition) is 13. The summed E-state index contributed by atoms with van der Waals surface area (Å²) in [6, 6.07) is 0. The molecule has 0 bridgehead atoms. The highest BCUT2D eigenvalue weighted by atomic mass is 31.3. The van der Waals surface area contributed by atoms with Gasteiger partial charge in [-0.15, -0.1) is 6.42 Å². The maximum atomic E-state index is 11.9. The van der Waals surface area contributed by atoms with Gasteiger partial charge in [-0.25, -0.2) is 23.7 Å². The van der Waals surface area contributed by atoms with Crippen molar-refractivity contribution in [3.05, 3.63) is 18.1 Å². The number of ether oxygens (including phenoxy) is 1. The van der Waals surface area contributed by atoms with E-state index in [1.807, 2.05) is 5.92 Å². The van der Waals surface area contributed by atoms with Gasteiger partial charge >= 0.3 is 23.5 Å². The van der Waals surface area contributed by atoms with Crippen molar-refractivity contribution < 1.29 is 61.4 Å². The number of hydrogen-bond donors (Lipinski definition) is 7. The molecule has 182 valence electrons. The molecule has 3 heterocycles. The van der Waals surface area contributed by atoms with Crippen molar-refractivity contribution in [3.63, 3.8) is 0 Å². The van der Waals surface area contributed by atoms with Crippen molar-refractivity contribution in [2.45, 2.75) is 23.9 Å². The summed E-state index contributed by atoms with van der Waals surface area (Å²) in [7, 11) is -16.8. The number of aliphatic hydroxyl groups is 2. The Balaban J connectivity index is 1.79. The molecule has 0 amide bonds. The Kier molecular flexibility index (Phi) is 6.86. The lowest BCUT2D eigenvalue weighted by Crippen LogP contribution is -2.44. The Hall–Kier alpha value is -1.80. The Bertz CT molecular complexity index is 1240. The molecule has 1 fully saturated rings. The second-order valence-electron chi connectivity index (χ2n) is 6.42. The summed E-state index contributed by atoms with van der Waals surface area (Å²) in [6.45, 7) is -1.05. The van der Waals surface area contributed by atoms with Gasteiger partial charge in [-0.1, -0.05) is 5.92 Å². The predicted octanol–water partition coefficient (Wildman–Crippen LogP) is -1.79. The standard InChI is InChI=1S/C12H16N5O13P3/c1-2-12(19)8(18)7(4-27-32(23,24)30-33(25,26)29-31(20,21)22)28-9(12)6-3-16-17-10(6)14-5-15-11(17)13/h1,3,5,7-9,18-19H,4H2,(H,23,24)(H,25,26)(H2,13,14,15)(H2,20,21,22)/t7-,8-,9+,12-/m1/s1. The second kappa shape index (κ2) is 8.77. The molecule has 1 aliphatic heterocycles. The van der Waals surface area contributed by atoms with Crippen LogP contribution in [0.5, 0.6) is 0 Å². The number of phosphoric ester groups is 1. The molecular weight excluding hydrogens is 515 g/mol. The number of aliphatic hydroxyl groups excluding tert-OH is 1. The largest absolute Gasteiger partial charge is 0.490 e. The Morgan fingerprint density at radius 3 is 2.48 bits per heavy atom. The van der Waals surface area contributed by atoms with Gasteiger partial charge in [0, 0.05) is 5.56 Å². The fraction of sp³-hybridized carbons (Fsp3) is 0.417. The van der Waals surface area contributed by atoms with Crippen LogP contribution in [0, 0.1) is 12.3 Å². The molecule has 8 N–H and O–H groups in total. The zero-order valence-corrected chi connectivity index (χ0v) is 18.6. The molecule has 0 aliphatic carbocycles. The van der Waals surface area contributed by atoms with Gasteiger partial charge < -0.3 is 40.3 Å². The number of anilines is 1. The average molecular weight is 531 g/mol. The number of fused-ring (bicyclic) bond motifs is 1. The van der Waals surface area contributed by atoms with Gasteiger partial charge in [0.15, 0.2) is 11.2 Å². The summed E-state index contributed by atoms with van der Waals surface area (Å²) < 4.78 is 52.1. The smallest absolute Gasteiger partial charge is 0.386 e. The molecule has 3 rings (SSSR count). The first-order valence-electron chi connectivity index (χ1n) is 8.35. The van der Waals surface area contributed by atoms with E-state index in [0.29, 0.717) is 0 Å². The minimum Gasteiger partial charge on any atom is -0.386 e. The zero-order valence-electron chi connectivity index (χ0n) is 15.9. The Morgan fingerprint density at radius 1 is 1.21 bits per heavy atom. The molecule has 1 saturated heterocycles. The molecule has 0 spiro atoms. The number of phosphoric acid groups is 3. The maximum Gasteiger partial charge on any atom is 0.490 e. The van der Waals surface area contributed by atoms with E-state index in [4.69, 9.17) is 31.6 Å². The fourth-order valence-electron chi connectivity index (χ4n) is 2.90. The third kappa shape index (κ3) is 5.48. The highest BCUT2D eigenvalue weighted by molar-refractivity contribution is 7.66. The first kappa shape index (κ1) is 25.8. The fourth-order valence-corrected chi connectivity index (χ4v) is 5.93. The minimum absolute atomic E-state index is 0.0573. The van der Waals surface area contributed by atoms with Crippen molar-refractivity contribution in [2.75, 3.05) is 12.3 Å². The van der Waals surface area contributed by atoms with E-state index in [2.05, 4.69) is 28.2 Å². The van der Waals surface area contributed by atoms with Crippen LogP contribution in [-0.4, -0.2) is 73.8 Å². The maximum absolute atomic E-state index is 11.9. The first-order valence-corrected chi connectivity index (χ1v) is 12.9. The van der Waals surface area contributed by atoms with Gasteiger partial charge in [0.25, 0.3) is 0 Å². The van der Waals surface area contributed by atoms with E-state index in [1.165, 1.54) is 6.20 Å². The summed E-state index contributed by atoms with van der Waals surface area (Å²) in [4.78, 5) is 43.5. The number of terminal acetylenes is 1. The summed E-state index contributed by atoms with van der Waals surface area (Å²) in [6.07, 6.45) is 2.57. The van der Waals surface area contributed by atoms with Crippen molar-refractivity contribution in [3.8, 4) is 12.3 Å². The van der Waals surface area contributed by atoms with Gasteiger partial charge in [0.2, 0.25) is 5.95 Å². The number of nitrogens with zero attached hydrogens (tertiary/aromatic N) is 4. The van der Waals surface area contributed by atoms with E-state index in [-0.39, 0.29) is 17.2 Å². The van der Waals surface area contributed by atoms with Crippen molar-refractivity contribution in [1.29, 1.82) is 0 Å². The number of nitrogen functional groups attached to an aromatic ring is 1. The molecule has 18 nitrogen and oxygen atoms in total. The van der Waals surface area contributed by atoms with Crippen molar-refractivity contribution in [2.24, 2.45) is 0 Å². The SMILES string of the molecule is C#C[C@@]1(O)[C@H](O)[C@@H](COP(=O)(O)OP(=O)(O)OP(=O)(O)O)O[C@H]1c1cnn2c(N)ncnc12. The van der Waals surface area contributed by atoms with Crippen LogP contribution in [-0.2, 0) is 31.6 Å². The number of nitrogens with two attached hydrogens (primary N) is 1. The molecule has 2 aromatic rings. The number of rotatable bonds is 8. The van der Waals surface area contributed by atoms with Gasteiger partial charge in [-0.2, -0.15) is 18.2 Å². The van der Waals surface area contributed by atoms with Crippen molar-refractivity contribution in [1.82, 2.24) is 19.6 Å².